The summed E-state index contributed by atoms with van der Waals surface area (Å²) in [4.78, 5) is 24.3. The Morgan fingerprint density at radius 1 is 1.25 bits per heavy atom. The summed E-state index contributed by atoms with van der Waals surface area (Å²) < 4.78 is 5.31. The quantitative estimate of drug-likeness (QED) is 0.746. The first-order valence-corrected chi connectivity index (χ1v) is 8.54. The Balaban J connectivity index is 2.07. The molecule has 1 saturated carbocycles. The number of amides is 2. The topological polar surface area (TPSA) is 93.4 Å². The number of hydrogen-bond donors (Lipinski definition) is 3. The Morgan fingerprint density at radius 3 is 2.58 bits per heavy atom. The average molecular weight is 333 g/mol. The van der Waals surface area contributed by atoms with Crippen molar-refractivity contribution in [3.63, 3.8) is 0 Å². The molecule has 0 aliphatic heterocycles. The molecule has 6 heteroatoms. The lowest BCUT2D eigenvalue weighted by atomic mass is 9.88. The molecule has 24 heavy (non-hydrogen) atoms. The molecule has 0 radical (unpaired) electrons. The Hall–Kier alpha value is -2.08. The minimum Gasteiger partial charge on any atom is -0.495 e. The molecule has 1 fully saturated rings. The monoisotopic (exact) mass is 333 g/mol. The summed E-state index contributed by atoms with van der Waals surface area (Å²) >= 11 is 0. The number of anilines is 2. The normalized spacial score (nSPS) is 16.3. The average Bonchev–Trinajstić information content (AvgIpc) is 2.55. The Labute approximate surface area is 143 Å². The van der Waals surface area contributed by atoms with Gasteiger partial charge in [0.05, 0.1) is 12.8 Å². The van der Waals surface area contributed by atoms with Crippen LogP contribution in [0.1, 0.15) is 45.4 Å². The second kappa shape index (κ2) is 8.68. The van der Waals surface area contributed by atoms with Gasteiger partial charge in [0.15, 0.2) is 0 Å². The molecule has 6 nitrogen and oxygen atoms in total. The summed E-state index contributed by atoms with van der Waals surface area (Å²) in [6.45, 7) is 1.78. The van der Waals surface area contributed by atoms with Crippen molar-refractivity contribution in [1.82, 2.24) is 0 Å². The lowest BCUT2D eigenvalue weighted by molar-refractivity contribution is -0.120. The van der Waals surface area contributed by atoms with E-state index in [0.29, 0.717) is 17.1 Å². The number of carbonyl (C=O) groups excluding carboxylic acids is 2. The minimum absolute atomic E-state index is 0.0204. The van der Waals surface area contributed by atoms with Crippen LogP contribution >= 0.6 is 0 Å². The maximum atomic E-state index is 12.4. The highest BCUT2D eigenvalue weighted by molar-refractivity contribution is 5.96. The van der Waals surface area contributed by atoms with Gasteiger partial charge in [-0.1, -0.05) is 19.3 Å². The maximum absolute atomic E-state index is 12.4. The van der Waals surface area contributed by atoms with Crippen molar-refractivity contribution < 1.29 is 14.3 Å². The van der Waals surface area contributed by atoms with Crippen molar-refractivity contribution in [3.05, 3.63) is 18.2 Å². The highest BCUT2D eigenvalue weighted by atomic mass is 16.5. The van der Waals surface area contributed by atoms with Crippen LogP contribution in [-0.2, 0) is 9.59 Å². The van der Waals surface area contributed by atoms with Crippen LogP contribution < -0.4 is 21.1 Å². The SMILES string of the molecule is COc1ccc(NC(=O)CC(C)N)cc1NC(=O)C1CCCCC1. The summed E-state index contributed by atoms with van der Waals surface area (Å²) in [6.07, 6.45) is 5.51. The van der Waals surface area contributed by atoms with Crippen LogP contribution in [0.25, 0.3) is 0 Å². The molecule has 1 aliphatic rings. The van der Waals surface area contributed by atoms with E-state index in [9.17, 15) is 9.59 Å². The number of carbonyl (C=O) groups is 2. The van der Waals surface area contributed by atoms with Crippen molar-refractivity contribution in [2.75, 3.05) is 17.7 Å². The van der Waals surface area contributed by atoms with E-state index in [1.807, 2.05) is 0 Å². The fourth-order valence-corrected chi connectivity index (χ4v) is 2.99. The molecule has 2 rings (SSSR count). The van der Waals surface area contributed by atoms with Gasteiger partial charge in [-0.25, -0.2) is 0 Å². The number of nitrogens with one attached hydrogen (secondary N) is 2. The third-order valence-corrected chi connectivity index (χ3v) is 4.22. The second-order valence-electron chi connectivity index (χ2n) is 6.47. The van der Waals surface area contributed by atoms with Gasteiger partial charge in [-0.15, -0.1) is 0 Å². The summed E-state index contributed by atoms with van der Waals surface area (Å²) in [5.41, 5.74) is 6.82. The fourth-order valence-electron chi connectivity index (χ4n) is 2.99. The first-order valence-electron chi connectivity index (χ1n) is 8.54. The molecular weight excluding hydrogens is 306 g/mol. The minimum atomic E-state index is -0.200. The first-order chi connectivity index (χ1) is 11.5. The number of methoxy groups -OCH3 is 1. The van der Waals surface area contributed by atoms with Crippen molar-refractivity contribution in [3.8, 4) is 5.75 Å². The van der Waals surface area contributed by atoms with Crippen LogP contribution in [0.15, 0.2) is 18.2 Å². The highest BCUT2D eigenvalue weighted by Gasteiger charge is 2.22. The smallest absolute Gasteiger partial charge is 0.227 e. The second-order valence-corrected chi connectivity index (χ2v) is 6.47. The molecule has 0 heterocycles. The standard InChI is InChI=1S/C18H27N3O3/c1-12(19)10-17(22)20-14-8-9-16(24-2)15(11-14)21-18(23)13-6-4-3-5-7-13/h8-9,11-13H,3-7,10,19H2,1-2H3,(H,20,22)(H,21,23). The highest BCUT2D eigenvalue weighted by Crippen LogP contribution is 2.30. The summed E-state index contributed by atoms with van der Waals surface area (Å²) in [5.74, 6) is 0.496. The van der Waals surface area contributed by atoms with Gasteiger partial charge >= 0.3 is 0 Å². The Bertz CT molecular complexity index is 581. The molecule has 2 amide bonds. The summed E-state index contributed by atoms with van der Waals surface area (Å²) in [5, 5.41) is 5.74. The predicted molar refractivity (Wildman–Crippen MR) is 95.1 cm³/mol. The molecule has 132 valence electrons. The molecule has 1 unspecified atom stereocenters. The Kier molecular flexibility index (Phi) is 6.61. The number of rotatable bonds is 6. The van der Waals surface area contributed by atoms with Gasteiger partial charge in [0.25, 0.3) is 0 Å². The zero-order valence-electron chi connectivity index (χ0n) is 14.4. The lowest BCUT2D eigenvalue weighted by Crippen LogP contribution is -2.25. The van der Waals surface area contributed by atoms with Gasteiger partial charge in [0.1, 0.15) is 5.75 Å². The zero-order valence-corrected chi connectivity index (χ0v) is 14.4. The van der Waals surface area contributed by atoms with Crippen molar-refractivity contribution in [1.29, 1.82) is 0 Å². The van der Waals surface area contributed by atoms with Gasteiger partial charge in [0.2, 0.25) is 11.8 Å². The van der Waals surface area contributed by atoms with Gasteiger partial charge in [0, 0.05) is 24.1 Å². The van der Waals surface area contributed by atoms with E-state index in [1.54, 1.807) is 32.2 Å². The van der Waals surface area contributed by atoms with E-state index in [4.69, 9.17) is 10.5 Å². The van der Waals surface area contributed by atoms with E-state index < -0.39 is 0 Å². The van der Waals surface area contributed by atoms with E-state index >= 15 is 0 Å². The summed E-state index contributed by atoms with van der Waals surface area (Å²) in [6, 6.07) is 5.00. The van der Waals surface area contributed by atoms with Gasteiger partial charge in [-0.2, -0.15) is 0 Å². The molecule has 0 spiro atoms. The van der Waals surface area contributed by atoms with Gasteiger partial charge in [-0.3, -0.25) is 9.59 Å². The molecule has 1 aromatic carbocycles. The lowest BCUT2D eigenvalue weighted by Gasteiger charge is -2.21. The van der Waals surface area contributed by atoms with Gasteiger partial charge in [-0.05, 0) is 38.0 Å². The molecule has 1 aromatic rings. The number of ether oxygens (including phenoxy) is 1. The molecule has 1 atom stereocenters. The molecule has 0 saturated heterocycles. The third kappa shape index (κ3) is 5.23. The Morgan fingerprint density at radius 2 is 1.96 bits per heavy atom. The number of nitrogens with two attached hydrogens (primary N) is 1. The van der Waals surface area contributed by atoms with E-state index in [0.717, 1.165) is 25.7 Å². The van der Waals surface area contributed by atoms with Gasteiger partial charge < -0.3 is 21.1 Å². The van der Waals surface area contributed by atoms with E-state index in [-0.39, 0.29) is 30.2 Å². The van der Waals surface area contributed by atoms with Crippen molar-refractivity contribution in [2.24, 2.45) is 11.7 Å². The molecule has 0 bridgehead atoms. The predicted octanol–water partition coefficient (Wildman–Crippen LogP) is 2.89. The van der Waals surface area contributed by atoms with Crippen LogP contribution in [0.4, 0.5) is 11.4 Å². The molecule has 0 aromatic heterocycles. The van der Waals surface area contributed by atoms with Crippen LogP contribution in [0.3, 0.4) is 0 Å². The molecule has 4 N–H and O–H groups in total. The largest absolute Gasteiger partial charge is 0.495 e. The van der Waals surface area contributed by atoms with E-state index in [2.05, 4.69) is 10.6 Å². The van der Waals surface area contributed by atoms with Crippen molar-refractivity contribution in [2.45, 2.75) is 51.5 Å². The van der Waals surface area contributed by atoms with Crippen molar-refractivity contribution >= 4 is 23.2 Å². The zero-order chi connectivity index (χ0) is 17.5. The van der Waals surface area contributed by atoms with Crippen LogP contribution in [0.2, 0.25) is 0 Å². The molecule has 1 aliphatic carbocycles. The van der Waals surface area contributed by atoms with E-state index in [1.165, 1.54) is 6.42 Å². The van der Waals surface area contributed by atoms with Crippen LogP contribution in [-0.4, -0.2) is 25.0 Å². The number of benzene rings is 1. The third-order valence-electron chi connectivity index (χ3n) is 4.22. The maximum Gasteiger partial charge on any atom is 0.227 e. The van der Waals surface area contributed by atoms with Crippen LogP contribution in [0.5, 0.6) is 5.75 Å². The molecular formula is C18H27N3O3. The van der Waals surface area contributed by atoms with Crippen LogP contribution in [0, 0.1) is 5.92 Å². The summed E-state index contributed by atoms with van der Waals surface area (Å²) in [7, 11) is 1.56. The first kappa shape index (κ1) is 18.3. The fraction of sp³-hybridized carbons (Fsp3) is 0.556. The number of hydrogen-bond acceptors (Lipinski definition) is 4.